The summed E-state index contributed by atoms with van der Waals surface area (Å²) in [6.07, 6.45) is -0.197. The molecule has 0 radical (unpaired) electrons. The molecule has 3 rings (SSSR count). The van der Waals surface area contributed by atoms with Crippen LogP contribution < -0.4 is 21.4 Å². The molecule has 0 amide bonds. The Labute approximate surface area is 147 Å². The van der Waals surface area contributed by atoms with Crippen molar-refractivity contribution in [3.8, 4) is 0 Å². The van der Waals surface area contributed by atoms with Gasteiger partial charge in [0.1, 0.15) is 0 Å². The van der Waals surface area contributed by atoms with Gasteiger partial charge in [0.2, 0.25) is 0 Å². The summed E-state index contributed by atoms with van der Waals surface area (Å²) < 4.78 is 5.47. The highest BCUT2D eigenvalue weighted by Crippen LogP contribution is 2.37. The number of ether oxygens (including phenoxy) is 1. The van der Waals surface area contributed by atoms with Gasteiger partial charge < -0.3 is 20.9 Å². The van der Waals surface area contributed by atoms with Gasteiger partial charge in [-0.2, -0.15) is 5.53 Å². The standard InChI is InChI=1S/C15H24ClN6O2/c1-11(2)20(10-17)15(19-5-7-24-8-6-19)21-13-4-3-12(16)9-14(13)22(23)18-21/h3-4,9,11,15,18H,5-8,10,17H2,1-2H3/q-1. The van der Waals surface area contributed by atoms with E-state index in [0.717, 1.165) is 23.9 Å². The maximum absolute atomic E-state index is 12.3. The van der Waals surface area contributed by atoms with Crippen LogP contribution in [0.5, 0.6) is 0 Å². The van der Waals surface area contributed by atoms with Crippen LogP contribution in [0.25, 0.3) is 0 Å². The number of hydrazine groups is 2. The Morgan fingerprint density at radius 2 is 2.04 bits per heavy atom. The van der Waals surface area contributed by atoms with Crippen LogP contribution in [0, 0.1) is 5.21 Å². The molecular weight excluding hydrogens is 332 g/mol. The van der Waals surface area contributed by atoms with Crippen molar-refractivity contribution in [1.29, 1.82) is 0 Å². The number of hydrogen-bond acceptors (Lipinski definition) is 8. The van der Waals surface area contributed by atoms with Crippen LogP contribution in [0.3, 0.4) is 0 Å². The van der Waals surface area contributed by atoms with E-state index in [4.69, 9.17) is 22.1 Å². The molecule has 1 unspecified atom stereocenters. The van der Waals surface area contributed by atoms with E-state index < -0.39 is 0 Å². The van der Waals surface area contributed by atoms with E-state index in [1.807, 2.05) is 11.1 Å². The Kier molecular flexibility index (Phi) is 5.46. The first kappa shape index (κ1) is 17.7. The first-order valence-corrected chi connectivity index (χ1v) is 8.50. The number of anilines is 2. The molecule has 134 valence electrons. The summed E-state index contributed by atoms with van der Waals surface area (Å²) in [7, 11) is 0. The quantitative estimate of drug-likeness (QED) is 0.760. The number of halogens is 1. The Balaban J connectivity index is 1.97. The summed E-state index contributed by atoms with van der Waals surface area (Å²) in [6.45, 7) is 7.42. The van der Waals surface area contributed by atoms with Crippen LogP contribution >= 0.6 is 11.6 Å². The van der Waals surface area contributed by atoms with Gasteiger partial charge in [-0.3, -0.25) is 14.8 Å². The van der Waals surface area contributed by atoms with Crippen molar-refractivity contribution in [3.63, 3.8) is 0 Å². The maximum Gasteiger partial charge on any atom is 0.157 e. The molecule has 0 spiro atoms. The molecule has 0 aromatic heterocycles. The van der Waals surface area contributed by atoms with Crippen LogP contribution in [-0.4, -0.2) is 55.1 Å². The Hall–Kier alpha value is -1.13. The molecule has 1 atom stereocenters. The van der Waals surface area contributed by atoms with Crippen molar-refractivity contribution < 1.29 is 4.74 Å². The van der Waals surface area contributed by atoms with Gasteiger partial charge in [0.25, 0.3) is 0 Å². The largest absolute Gasteiger partial charge is 0.742 e. The lowest BCUT2D eigenvalue weighted by atomic mass is 10.2. The molecule has 3 N–H and O–H groups in total. The second kappa shape index (κ2) is 7.40. The summed E-state index contributed by atoms with van der Waals surface area (Å²) in [4.78, 5) is 4.40. The molecule has 2 aliphatic heterocycles. The van der Waals surface area contributed by atoms with E-state index in [1.54, 1.807) is 12.1 Å². The van der Waals surface area contributed by atoms with Crippen molar-refractivity contribution in [2.24, 2.45) is 5.73 Å². The van der Waals surface area contributed by atoms with Gasteiger partial charge in [-0.25, -0.2) is 0 Å². The van der Waals surface area contributed by atoms with Gasteiger partial charge in [-0.1, -0.05) is 11.6 Å². The Morgan fingerprint density at radius 3 is 2.67 bits per heavy atom. The number of rotatable bonds is 5. The number of nitrogens with zero attached hydrogens (tertiary/aromatic N) is 4. The van der Waals surface area contributed by atoms with Gasteiger partial charge in [0.05, 0.1) is 24.6 Å². The van der Waals surface area contributed by atoms with Crippen LogP contribution in [0.2, 0.25) is 5.02 Å². The number of nitrogens with one attached hydrogen (secondary N) is 1. The van der Waals surface area contributed by atoms with Crippen LogP contribution in [0.15, 0.2) is 18.2 Å². The molecule has 9 heteroatoms. The van der Waals surface area contributed by atoms with Gasteiger partial charge in [0, 0.05) is 30.8 Å². The summed E-state index contributed by atoms with van der Waals surface area (Å²) in [5, 5.41) is 15.4. The van der Waals surface area contributed by atoms with Gasteiger partial charge >= 0.3 is 0 Å². The number of hydrogen-bond donors (Lipinski definition) is 2. The number of morpholine rings is 1. The molecular formula is C15H24ClN6O2-. The molecule has 0 bridgehead atoms. The predicted octanol–water partition coefficient (Wildman–Crippen LogP) is 1.13. The second-order valence-electron chi connectivity index (χ2n) is 6.18. The average molecular weight is 356 g/mol. The van der Waals surface area contributed by atoms with Gasteiger partial charge in [0.15, 0.2) is 6.29 Å². The van der Waals surface area contributed by atoms with E-state index in [0.29, 0.717) is 30.6 Å². The average Bonchev–Trinajstić information content (AvgIpc) is 2.89. The minimum absolute atomic E-state index is 0.197. The Morgan fingerprint density at radius 1 is 1.33 bits per heavy atom. The molecule has 1 aromatic carbocycles. The lowest BCUT2D eigenvalue weighted by Crippen LogP contribution is -2.66. The van der Waals surface area contributed by atoms with E-state index in [2.05, 4.69) is 29.2 Å². The van der Waals surface area contributed by atoms with E-state index in [-0.39, 0.29) is 12.3 Å². The molecule has 24 heavy (non-hydrogen) atoms. The van der Waals surface area contributed by atoms with Crippen molar-refractivity contribution in [2.45, 2.75) is 26.2 Å². The highest BCUT2D eigenvalue weighted by atomic mass is 35.5. The van der Waals surface area contributed by atoms with Crippen molar-refractivity contribution in [1.82, 2.24) is 15.3 Å². The fourth-order valence-electron chi connectivity index (χ4n) is 3.15. The van der Waals surface area contributed by atoms with Crippen molar-refractivity contribution in [2.75, 3.05) is 43.2 Å². The monoisotopic (exact) mass is 355 g/mol. The van der Waals surface area contributed by atoms with Crippen LogP contribution in [0.1, 0.15) is 13.8 Å². The summed E-state index contributed by atoms with van der Waals surface area (Å²) in [5.74, 6) is 0. The molecule has 2 heterocycles. The minimum atomic E-state index is -0.197. The third kappa shape index (κ3) is 3.31. The van der Waals surface area contributed by atoms with Gasteiger partial charge in [-0.05, 0) is 32.0 Å². The molecule has 0 aliphatic carbocycles. The van der Waals surface area contributed by atoms with Crippen molar-refractivity contribution >= 4 is 23.0 Å². The van der Waals surface area contributed by atoms with Crippen LogP contribution in [-0.2, 0) is 4.74 Å². The summed E-state index contributed by atoms with van der Waals surface area (Å²) in [5.41, 5.74) is 10.2. The zero-order chi connectivity index (χ0) is 17.3. The molecule has 2 aliphatic rings. The van der Waals surface area contributed by atoms with E-state index >= 15 is 0 Å². The van der Waals surface area contributed by atoms with Gasteiger partial charge in [-0.15, -0.1) is 0 Å². The molecule has 1 aromatic rings. The van der Waals surface area contributed by atoms with Crippen molar-refractivity contribution in [3.05, 3.63) is 28.4 Å². The summed E-state index contributed by atoms with van der Waals surface area (Å²) in [6, 6.07) is 5.51. The number of benzene rings is 1. The highest BCUT2D eigenvalue weighted by Gasteiger charge is 2.37. The fraction of sp³-hybridized carbons (Fsp3) is 0.600. The first-order valence-electron chi connectivity index (χ1n) is 8.13. The first-order chi connectivity index (χ1) is 11.5. The Bertz CT molecular complexity index is 569. The SMILES string of the molecule is CC(C)N(CN)C(N1CCOCC1)N1NN([O-])c2cc(Cl)ccc21. The topological polar surface area (TPSA) is 83.3 Å². The smallest absolute Gasteiger partial charge is 0.157 e. The normalized spacial score (nSPS) is 20.1. The molecule has 1 saturated heterocycles. The highest BCUT2D eigenvalue weighted by molar-refractivity contribution is 6.31. The third-order valence-corrected chi connectivity index (χ3v) is 4.62. The number of nitrogens with two attached hydrogens (primary N) is 1. The molecule has 8 nitrogen and oxygen atoms in total. The predicted molar refractivity (Wildman–Crippen MR) is 95.1 cm³/mol. The lowest BCUT2D eigenvalue weighted by Gasteiger charge is -2.47. The third-order valence-electron chi connectivity index (χ3n) is 4.39. The minimum Gasteiger partial charge on any atom is -0.742 e. The zero-order valence-corrected chi connectivity index (χ0v) is 14.7. The lowest BCUT2D eigenvalue weighted by molar-refractivity contribution is -0.0465. The van der Waals surface area contributed by atoms with E-state index in [1.165, 1.54) is 0 Å². The van der Waals surface area contributed by atoms with E-state index in [9.17, 15) is 5.21 Å². The fourth-order valence-corrected chi connectivity index (χ4v) is 3.31. The number of fused-ring (bicyclic) bond motifs is 1. The van der Waals surface area contributed by atoms with Crippen LogP contribution in [0.4, 0.5) is 11.4 Å². The summed E-state index contributed by atoms with van der Waals surface area (Å²) >= 11 is 6.04. The zero-order valence-electron chi connectivity index (χ0n) is 14.0. The molecule has 1 fully saturated rings. The second-order valence-corrected chi connectivity index (χ2v) is 6.62. The maximum atomic E-state index is 12.3. The molecule has 0 saturated carbocycles.